The minimum Gasteiger partial charge on any atom is -0.375 e. The first-order chi connectivity index (χ1) is 11.2. The van der Waals surface area contributed by atoms with Gasteiger partial charge in [-0.1, -0.05) is 30.3 Å². The van der Waals surface area contributed by atoms with Crippen LogP contribution in [0, 0.1) is 5.92 Å². The van der Waals surface area contributed by atoms with Crippen LogP contribution >= 0.6 is 24.8 Å². The van der Waals surface area contributed by atoms with Crippen LogP contribution in [0.2, 0.25) is 0 Å². The van der Waals surface area contributed by atoms with E-state index < -0.39 is 0 Å². The van der Waals surface area contributed by atoms with E-state index in [1.54, 1.807) is 0 Å². The third-order valence-corrected chi connectivity index (χ3v) is 4.68. The summed E-state index contributed by atoms with van der Waals surface area (Å²) in [6.07, 6.45) is 2.78. The van der Waals surface area contributed by atoms with Gasteiger partial charge in [-0.15, -0.1) is 24.8 Å². The zero-order valence-electron chi connectivity index (χ0n) is 14.4. The van der Waals surface area contributed by atoms with Gasteiger partial charge in [-0.05, 0) is 24.3 Å². The van der Waals surface area contributed by atoms with Crippen LogP contribution in [0.1, 0.15) is 24.8 Å². The number of nitrogens with one attached hydrogen (secondary N) is 1. The largest absolute Gasteiger partial charge is 0.375 e. The second kappa shape index (κ2) is 11.0. The van der Waals surface area contributed by atoms with Crippen molar-refractivity contribution in [1.29, 1.82) is 0 Å². The summed E-state index contributed by atoms with van der Waals surface area (Å²) in [6.45, 7) is 3.85. The molecule has 1 saturated heterocycles. The molecule has 2 atom stereocenters. The number of nitrogens with zero attached hydrogens (tertiary/aromatic N) is 1. The molecule has 0 bridgehead atoms. The van der Waals surface area contributed by atoms with E-state index in [1.165, 1.54) is 18.4 Å². The number of hydrogen-bond donors (Lipinski definition) is 2. The molecule has 3 rings (SSSR count). The molecule has 1 aliphatic carbocycles. The normalized spacial score (nSPS) is 21.6. The van der Waals surface area contributed by atoms with Gasteiger partial charge in [-0.2, -0.15) is 0 Å². The molecular weight excluding hydrogens is 361 g/mol. The fraction of sp³-hybridized carbons (Fsp3) is 0.611. The highest BCUT2D eigenvalue weighted by Crippen LogP contribution is 2.32. The monoisotopic (exact) mass is 389 g/mol. The van der Waals surface area contributed by atoms with Crippen LogP contribution in [-0.4, -0.2) is 49.2 Å². The third kappa shape index (κ3) is 7.12. The summed E-state index contributed by atoms with van der Waals surface area (Å²) >= 11 is 0. The quantitative estimate of drug-likeness (QED) is 0.747. The van der Waals surface area contributed by atoms with Crippen molar-refractivity contribution in [2.75, 3.05) is 26.2 Å². The third-order valence-electron chi connectivity index (χ3n) is 4.68. The summed E-state index contributed by atoms with van der Waals surface area (Å²) in [5, 5.41) is 3.08. The fourth-order valence-corrected chi connectivity index (χ4v) is 3.23. The minimum atomic E-state index is -0.0231. The average Bonchev–Trinajstić information content (AvgIpc) is 3.39. The van der Waals surface area contributed by atoms with Crippen LogP contribution in [0.4, 0.5) is 0 Å². The van der Waals surface area contributed by atoms with Crippen molar-refractivity contribution in [2.24, 2.45) is 11.7 Å². The molecule has 7 heteroatoms. The van der Waals surface area contributed by atoms with Crippen LogP contribution in [-0.2, 0) is 16.1 Å². The number of carbonyl (C=O) groups excluding carboxylic acids is 1. The van der Waals surface area contributed by atoms with Gasteiger partial charge in [0.05, 0.1) is 19.1 Å². The molecule has 1 amide bonds. The van der Waals surface area contributed by atoms with Gasteiger partial charge < -0.3 is 15.8 Å². The smallest absolute Gasteiger partial charge is 0.222 e. The van der Waals surface area contributed by atoms with Crippen LogP contribution in [0.15, 0.2) is 30.3 Å². The lowest BCUT2D eigenvalue weighted by atomic mass is 10.1. The molecule has 0 aromatic heterocycles. The molecule has 2 unspecified atom stereocenters. The van der Waals surface area contributed by atoms with E-state index in [0.29, 0.717) is 25.5 Å². The molecule has 1 aromatic rings. The zero-order chi connectivity index (χ0) is 16.1. The number of benzene rings is 1. The van der Waals surface area contributed by atoms with E-state index >= 15 is 0 Å². The standard InChI is InChI=1S/C18H27N3O2.2ClH/c19-11-17(15-6-7-15)20-18(22)10-16-13-21(8-9-23-16)12-14-4-2-1-3-5-14;;/h1-5,15-17H,6-13,19H2,(H,20,22);2*1H. The highest BCUT2D eigenvalue weighted by Gasteiger charge is 2.32. The number of amides is 1. The maximum Gasteiger partial charge on any atom is 0.222 e. The molecule has 2 fully saturated rings. The number of ether oxygens (including phenoxy) is 1. The summed E-state index contributed by atoms with van der Waals surface area (Å²) in [7, 11) is 0. The predicted molar refractivity (Wildman–Crippen MR) is 104 cm³/mol. The molecule has 5 nitrogen and oxygen atoms in total. The number of rotatable bonds is 7. The highest BCUT2D eigenvalue weighted by molar-refractivity contribution is 5.85. The minimum absolute atomic E-state index is 0. The molecule has 1 aromatic carbocycles. The van der Waals surface area contributed by atoms with Gasteiger partial charge in [-0.25, -0.2) is 0 Å². The molecule has 142 valence electrons. The van der Waals surface area contributed by atoms with Crippen LogP contribution in [0.5, 0.6) is 0 Å². The van der Waals surface area contributed by atoms with Crippen molar-refractivity contribution >= 4 is 30.7 Å². The van der Waals surface area contributed by atoms with Crippen molar-refractivity contribution in [2.45, 2.75) is 38.0 Å². The molecule has 3 N–H and O–H groups in total. The number of hydrogen-bond acceptors (Lipinski definition) is 4. The van der Waals surface area contributed by atoms with Crippen molar-refractivity contribution < 1.29 is 9.53 Å². The number of nitrogens with two attached hydrogens (primary N) is 1. The Morgan fingerprint density at radius 3 is 2.64 bits per heavy atom. The van der Waals surface area contributed by atoms with E-state index in [-0.39, 0.29) is 42.9 Å². The van der Waals surface area contributed by atoms with Gasteiger partial charge in [0.2, 0.25) is 5.91 Å². The Kier molecular flexibility index (Phi) is 9.75. The van der Waals surface area contributed by atoms with Crippen molar-refractivity contribution in [1.82, 2.24) is 10.2 Å². The number of halogens is 2. The van der Waals surface area contributed by atoms with Crippen LogP contribution < -0.4 is 11.1 Å². The first-order valence-corrected chi connectivity index (χ1v) is 8.62. The van der Waals surface area contributed by atoms with E-state index in [2.05, 4.69) is 34.5 Å². The first-order valence-electron chi connectivity index (χ1n) is 8.62. The van der Waals surface area contributed by atoms with Gasteiger partial charge in [0, 0.05) is 32.2 Å². The Bertz CT molecular complexity index is 514. The molecule has 25 heavy (non-hydrogen) atoms. The Hall–Kier alpha value is -0.850. The maximum atomic E-state index is 12.2. The SMILES string of the molecule is Cl.Cl.NCC(NC(=O)CC1CN(Cc2ccccc2)CCO1)C1CC1. The van der Waals surface area contributed by atoms with E-state index in [9.17, 15) is 4.79 Å². The van der Waals surface area contributed by atoms with Gasteiger partial charge in [0.25, 0.3) is 0 Å². The molecule has 0 spiro atoms. The van der Waals surface area contributed by atoms with Crippen LogP contribution in [0.3, 0.4) is 0 Å². The molecule has 1 aliphatic heterocycles. The van der Waals surface area contributed by atoms with Gasteiger partial charge in [-0.3, -0.25) is 9.69 Å². The lowest BCUT2D eigenvalue weighted by Gasteiger charge is -2.33. The Morgan fingerprint density at radius 1 is 1.28 bits per heavy atom. The first kappa shape index (κ1) is 22.2. The second-order valence-corrected chi connectivity index (χ2v) is 6.66. The lowest BCUT2D eigenvalue weighted by Crippen LogP contribution is -2.47. The Balaban J connectivity index is 0.00000156. The van der Waals surface area contributed by atoms with Crippen molar-refractivity contribution in [3.63, 3.8) is 0 Å². The molecule has 2 aliphatic rings. The summed E-state index contributed by atoms with van der Waals surface area (Å²) < 4.78 is 5.77. The topological polar surface area (TPSA) is 67.6 Å². The highest BCUT2D eigenvalue weighted by atomic mass is 35.5. The molecular formula is C18H29Cl2N3O2. The maximum absolute atomic E-state index is 12.2. The Labute approximate surface area is 162 Å². The molecule has 1 saturated carbocycles. The summed E-state index contributed by atoms with van der Waals surface area (Å²) in [5.41, 5.74) is 7.05. The Morgan fingerprint density at radius 2 is 2.00 bits per heavy atom. The van der Waals surface area contributed by atoms with E-state index in [0.717, 1.165) is 19.6 Å². The number of carbonyl (C=O) groups is 1. The molecule has 1 heterocycles. The number of morpholine rings is 1. The van der Waals surface area contributed by atoms with Gasteiger partial charge in [0.1, 0.15) is 0 Å². The predicted octanol–water partition coefficient (Wildman–Crippen LogP) is 1.97. The summed E-state index contributed by atoms with van der Waals surface area (Å²) in [6, 6.07) is 10.6. The van der Waals surface area contributed by atoms with E-state index in [4.69, 9.17) is 10.5 Å². The fourth-order valence-electron chi connectivity index (χ4n) is 3.23. The summed E-state index contributed by atoms with van der Waals surface area (Å²) in [5.74, 6) is 0.657. The molecule has 0 radical (unpaired) electrons. The second-order valence-electron chi connectivity index (χ2n) is 6.66. The van der Waals surface area contributed by atoms with Crippen molar-refractivity contribution in [3.8, 4) is 0 Å². The van der Waals surface area contributed by atoms with Crippen molar-refractivity contribution in [3.05, 3.63) is 35.9 Å². The lowest BCUT2D eigenvalue weighted by molar-refractivity contribution is -0.127. The van der Waals surface area contributed by atoms with Crippen LogP contribution in [0.25, 0.3) is 0 Å². The van der Waals surface area contributed by atoms with Gasteiger partial charge >= 0.3 is 0 Å². The van der Waals surface area contributed by atoms with E-state index in [1.807, 2.05) is 6.07 Å². The van der Waals surface area contributed by atoms with Gasteiger partial charge in [0.15, 0.2) is 0 Å². The zero-order valence-corrected chi connectivity index (χ0v) is 16.1. The summed E-state index contributed by atoms with van der Waals surface area (Å²) in [4.78, 5) is 14.6. The average molecular weight is 390 g/mol.